The fourth-order valence-electron chi connectivity index (χ4n) is 5.08. The van der Waals surface area contributed by atoms with Crippen LogP contribution in [-0.2, 0) is 21.7 Å². The maximum absolute atomic E-state index is 10.2. The summed E-state index contributed by atoms with van der Waals surface area (Å²) in [5.74, 6) is 0.577. The highest BCUT2D eigenvalue weighted by molar-refractivity contribution is 7.39. The van der Waals surface area contributed by atoms with Gasteiger partial charge < -0.3 is 14.3 Å². The Morgan fingerprint density at radius 1 is 0.500 bits per heavy atom. The fraction of sp³-hybridized carbons (Fsp3) is 0.471. The number of benzene rings is 3. The topological polar surface area (TPSA) is 49.7 Å². The van der Waals surface area contributed by atoms with Crippen LogP contribution in [0.15, 0.2) is 54.6 Å². The first-order chi connectivity index (χ1) is 17.2. The summed E-state index contributed by atoms with van der Waals surface area (Å²) in [6, 6.07) is 19.8. The van der Waals surface area contributed by atoms with Crippen molar-refractivity contribution in [1.82, 2.24) is 0 Å². The minimum Gasteiger partial charge on any atom is -0.426 e. The normalized spacial score (nSPS) is 13.2. The van der Waals surface area contributed by atoms with Crippen molar-refractivity contribution in [2.45, 2.75) is 105 Å². The molecule has 4 heteroatoms. The molecule has 0 bridgehead atoms. The zero-order valence-electron chi connectivity index (χ0n) is 25.4. The molecule has 0 amide bonds. The molecule has 3 aromatic rings. The summed E-state index contributed by atoms with van der Waals surface area (Å²) < 4.78 is 5.99. The van der Waals surface area contributed by atoms with Gasteiger partial charge in [-0.2, -0.15) is 0 Å². The smallest absolute Gasteiger partial charge is 0.391 e. The van der Waals surface area contributed by atoms with Crippen molar-refractivity contribution in [2.75, 3.05) is 0 Å². The van der Waals surface area contributed by atoms with E-state index >= 15 is 0 Å². The van der Waals surface area contributed by atoms with Gasteiger partial charge in [-0.1, -0.05) is 132 Å². The van der Waals surface area contributed by atoms with Crippen LogP contribution in [0.2, 0.25) is 0 Å². The molecular weight excluding hydrogens is 487 g/mol. The Morgan fingerprint density at radius 3 is 1.05 bits per heavy atom. The third-order valence-corrected chi connectivity index (χ3v) is 7.42. The quantitative estimate of drug-likeness (QED) is 0.328. The van der Waals surface area contributed by atoms with Crippen LogP contribution in [-0.4, -0.2) is 9.79 Å². The Hall–Kier alpha value is -2.19. The van der Waals surface area contributed by atoms with Crippen LogP contribution >= 0.6 is 8.60 Å². The van der Waals surface area contributed by atoms with Gasteiger partial charge in [-0.05, 0) is 61.1 Å². The lowest BCUT2D eigenvalue weighted by atomic mass is 9.73. The minimum atomic E-state index is -2.61. The first-order valence-corrected chi connectivity index (χ1v) is 14.7. The summed E-state index contributed by atoms with van der Waals surface area (Å²) in [5.41, 5.74) is 8.26. The molecule has 3 aromatic carbocycles. The van der Waals surface area contributed by atoms with Gasteiger partial charge in [0.2, 0.25) is 0 Å². The number of hydrogen-bond acceptors (Lipinski definition) is 3. The molecule has 0 aliphatic heterocycles. The van der Waals surface area contributed by atoms with E-state index in [4.69, 9.17) is 4.52 Å². The lowest BCUT2D eigenvalue weighted by molar-refractivity contribution is 0.364. The van der Waals surface area contributed by atoms with Crippen LogP contribution in [0.25, 0.3) is 22.3 Å². The molecule has 0 saturated carbocycles. The molecule has 0 atom stereocenters. The van der Waals surface area contributed by atoms with Gasteiger partial charge in [0.05, 0.1) is 0 Å². The fourth-order valence-corrected chi connectivity index (χ4v) is 5.42. The van der Waals surface area contributed by atoms with E-state index in [1.54, 1.807) is 0 Å². The second kappa shape index (κ2) is 10.4. The van der Waals surface area contributed by atoms with Crippen molar-refractivity contribution >= 4 is 8.60 Å². The van der Waals surface area contributed by atoms with Gasteiger partial charge in [0.1, 0.15) is 5.75 Å². The molecule has 0 spiro atoms. The van der Waals surface area contributed by atoms with E-state index in [1.165, 1.54) is 11.1 Å². The van der Waals surface area contributed by atoms with Crippen LogP contribution in [0.4, 0.5) is 0 Å². The first-order valence-electron chi connectivity index (χ1n) is 13.5. The lowest BCUT2D eigenvalue weighted by Gasteiger charge is -2.34. The maximum Gasteiger partial charge on any atom is 0.391 e. The molecule has 2 N–H and O–H groups in total. The third kappa shape index (κ3) is 6.68. The number of hydrogen-bond donors (Lipinski definition) is 2. The highest BCUT2D eigenvalue weighted by Gasteiger charge is 2.34. The Kier molecular flexibility index (Phi) is 8.32. The van der Waals surface area contributed by atoms with E-state index in [-0.39, 0.29) is 21.7 Å². The van der Waals surface area contributed by atoms with Crippen molar-refractivity contribution in [3.05, 3.63) is 76.9 Å². The molecule has 0 aromatic heterocycles. The third-order valence-electron chi connectivity index (χ3n) is 7.08. The van der Waals surface area contributed by atoms with Gasteiger partial charge in [-0.3, -0.25) is 0 Å². The summed E-state index contributed by atoms with van der Waals surface area (Å²) in [4.78, 5) is 20.3. The summed E-state index contributed by atoms with van der Waals surface area (Å²) in [6.07, 6.45) is 0. The number of rotatable bonds is 4. The molecule has 38 heavy (non-hydrogen) atoms. The molecule has 0 aliphatic rings. The van der Waals surface area contributed by atoms with Gasteiger partial charge in [-0.15, -0.1) is 0 Å². The van der Waals surface area contributed by atoms with Crippen molar-refractivity contribution in [2.24, 2.45) is 0 Å². The highest BCUT2D eigenvalue weighted by atomic mass is 31.2. The summed E-state index contributed by atoms with van der Waals surface area (Å²) in [7, 11) is -2.61. The minimum absolute atomic E-state index is 0.0549. The van der Waals surface area contributed by atoms with Gasteiger partial charge in [0.25, 0.3) is 0 Å². The van der Waals surface area contributed by atoms with Crippen LogP contribution in [0.1, 0.15) is 105 Å². The Labute approximate surface area is 232 Å². The van der Waals surface area contributed by atoms with Crippen molar-refractivity contribution in [1.29, 1.82) is 0 Å². The van der Waals surface area contributed by atoms with E-state index in [0.717, 1.165) is 33.4 Å². The Balaban J connectivity index is 2.47. The predicted molar refractivity (Wildman–Crippen MR) is 164 cm³/mol. The zero-order chi connectivity index (χ0) is 28.8. The van der Waals surface area contributed by atoms with Crippen LogP contribution < -0.4 is 4.52 Å². The molecule has 206 valence electrons. The molecule has 0 heterocycles. The Bertz CT molecular complexity index is 1170. The molecular formula is C34H47O3P. The van der Waals surface area contributed by atoms with Crippen LogP contribution in [0.3, 0.4) is 0 Å². The molecule has 0 saturated heterocycles. The standard InChI is InChI=1S/C34H47O3P/c1-31(2,3)24-17-13-22(14-18-24)26-21-27(23-15-19-25(20-16-23)32(4,5)6)29(34(10,11)12)30(37-38(35)36)28(26)33(7,8)9/h13-21,35-36H,1-12H3. The van der Waals surface area contributed by atoms with Crippen LogP contribution in [0, 0.1) is 0 Å². The van der Waals surface area contributed by atoms with E-state index in [0.29, 0.717) is 5.75 Å². The van der Waals surface area contributed by atoms with Gasteiger partial charge >= 0.3 is 8.60 Å². The second-order valence-electron chi connectivity index (χ2n) is 14.5. The molecule has 0 radical (unpaired) electrons. The highest BCUT2D eigenvalue weighted by Crippen LogP contribution is 2.52. The maximum atomic E-state index is 10.2. The molecule has 3 rings (SSSR count). The SMILES string of the molecule is CC(C)(C)c1ccc(-c2cc(-c3ccc(C(C)(C)C)cc3)c(C(C)(C)C)c(OP(O)O)c2C(C)(C)C)cc1. The monoisotopic (exact) mass is 534 g/mol. The average molecular weight is 535 g/mol. The molecule has 0 unspecified atom stereocenters. The second-order valence-corrected chi connectivity index (χ2v) is 15.2. The summed E-state index contributed by atoms with van der Waals surface area (Å²) in [6.45, 7) is 26.3. The van der Waals surface area contributed by atoms with Gasteiger partial charge in [0.15, 0.2) is 0 Å². The average Bonchev–Trinajstić information content (AvgIpc) is 2.75. The van der Waals surface area contributed by atoms with Crippen molar-refractivity contribution in [3.63, 3.8) is 0 Å². The zero-order valence-corrected chi connectivity index (χ0v) is 26.3. The molecule has 3 nitrogen and oxygen atoms in total. The van der Waals surface area contributed by atoms with E-state index in [9.17, 15) is 9.79 Å². The van der Waals surface area contributed by atoms with Crippen LogP contribution in [0.5, 0.6) is 5.75 Å². The Morgan fingerprint density at radius 2 is 0.816 bits per heavy atom. The van der Waals surface area contributed by atoms with E-state index < -0.39 is 8.60 Å². The first kappa shape index (κ1) is 30.4. The van der Waals surface area contributed by atoms with E-state index in [2.05, 4.69) is 138 Å². The summed E-state index contributed by atoms with van der Waals surface area (Å²) in [5, 5.41) is 0. The van der Waals surface area contributed by atoms with E-state index in [1.807, 2.05) is 0 Å². The largest absolute Gasteiger partial charge is 0.426 e. The summed E-state index contributed by atoms with van der Waals surface area (Å²) >= 11 is 0. The predicted octanol–water partition coefficient (Wildman–Crippen LogP) is 9.80. The molecule has 0 aliphatic carbocycles. The molecule has 0 fully saturated rings. The van der Waals surface area contributed by atoms with Gasteiger partial charge in [-0.25, -0.2) is 0 Å². The lowest BCUT2D eigenvalue weighted by Crippen LogP contribution is -2.21. The van der Waals surface area contributed by atoms with Crippen molar-refractivity contribution in [3.8, 4) is 28.0 Å². The van der Waals surface area contributed by atoms with Gasteiger partial charge in [0, 0.05) is 11.1 Å². The van der Waals surface area contributed by atoms with Crippen molar-refractivity contribution < 1.29 is 14.3 Å².